The van der Waals surface area contributed by atoms with Gasteiger partial charge in [-0.1, -0.05) is 39.0 Å². The fourth-order valence-electron chi connectivity index (χ4n) is 3.78. The van der Waals surface area contributed by atoms with E-state index in [0.717, 1.165) is 19.1 Å². The summed E-state index contributed by atoms with van der Waals surface area (Å²) in [6.07, 6.45) is 12.4. The topological polar surface area (TPSA) is 21.3 Å². The maximum Gasteiger partial charge on any atom is 0.0806 e. The summed E-state index contributed by atoms with van der Waals surface area (Å²) in [5.74, 6) is 0.935. The fraction of sp³-hybridized carbons (Fsp3) is 1.00. The van der Waals surface area contributed by atoms with Crippen LogP contribution < -0.4 is 5.32 Å². The molecule has 2 fully saturated rings. The summed E-state index contributed by atoms with van der Waals surface area (Å²) < 4.78 is 6.16. The Hall–Kier alpha value is -0.0800. The van der Waals surface area contributed by atoms with Crippen LogP contribution in [0.25, 0.3) is 0 Å². The van der Waals surface area contributed by atoms with Crippen LogP contribution in [0.5, 0.6) is 0 Å². The van der Waals surface area contributed by atoms with Gasteiger partial charge in [0.25, 0.3) is 0 Å². The Balaban J connectivity index is 1.92. The summed E-state index contributed by atoms with van der Waals surface area (Å²) in [5, 5.41) is 3.72. The van der Waals surface area contributed by atoms with Crippen molar-refractivity contribution in [3.05, 3.63) is 0 Å². The van der Waals surface area contributed by atoms with Gasteiger partial charge in [0, 0.05) is 12.6 Å². The van der Waals surface area contributed by atoms with E-state index < -0.39 is 0 Å². The normalized spacial score (nSPS) is 32.3. The van der Waals surface area contributed by atoms with Crippen molar-refractivity contribution in [3.63, 3.8) is 0 Å². The molecule has 1 heterocycles. The zero-order valence-corrected chi connectivity index (χ0v) is 12.3. The maximum absolute atomic E-state index is 6.16. The standard InChI is InChI=1S/C16H31NO/c1-3-17-15(13-14-9-5-4-6-10-14)16(2)11-7-8-12-18-16/h14-15,17H,3-13H2,1-2H3. The molecule has 1 saturated carbocycles. The molecule has 0 spiro atoms. The van der Waals surface area contributed by atoms with E-state index in [-0.39, 0.29) is 5.60 Å². The highest BCUT2D eigenvalue weighted by Gasteiger charge is 2.37. The van der Waals surface area contributed by atoms with Gasteiger partial charge in [-0.15, -0.1) is 0 Å². The Morgan fingerprint density at radius 2 is 1.94 bits per heavy atom. The van der Waals surface area contributed by atoms with Crippen LogP contribution in [0.2, 0.25) is 0 Å². The monoisotopic (exact) mass is 253 g/mol. The van der Waals surface area contributed by atoms with Crippen molar-refractivity contribution in [2.75, 3.05) is 13.2 Å². The van der Waals surface area contributed by atoms with Gasteiger partial charge in [0.2, 0.25) is 0 Å². The first-order valence-electron chi connectivity index (χ1n) is 8.12. The molecule has 2 unspecified atom stereocenters. The van der Waals surface area contributed by atoms with Crippen LogP contribution >= 0.6 is 0 Å². The summed E-state index contributed by atoms with van der Waals surface area (Å²) in [6.45, 7) is 6.59. The molecule has 1 aliphatic heterocycles. The van der Waals surface area contributed by atoms with E-state index in [4.69, 9.17) is 4.74 Å². The molecule has 2 nitrogen and oxygen atoms in total. The number of rotatable bonds is 5. The van der Waals surface area contributed by atoms with Gasteiger partial charge in [-0.25, -0.2) is 0 Å². The Kier molecular flexibility index (Phi) is 5.50. The summed E-state index contributed by atoms with van der Waals surface area (Å²) in [6, 6.07) is 0.561. The lowest BCUT2D eigenvalue weighted by Gasteiger charge is -2.42. The molecular formula is C16H31NO. The average Bonchev–Trinajstić information content (AvgIpc) is 2.40. The molecule has 0 amide bonds. The molecule has 0 aromatic carbocycles. The van der Waals surface area contributed by atoms with Crippen LogP contribution in [-0.2, 0) is 4.74 Å². The fourth-order valence-corrected chi connectivity index (χ4v) is 3.78. The molecule has 18 heavy (non-hydrogen) atoms. The summed E-state index contributed by atoms with van der Waals surface area (Å²) in [7, 11) is 0. The number of likely N-dealkylation sites (N-methyl/N-ethyl adjacent to an activating group) is 1. The molecule has 0 radical (unpaired) electrons. The number of ether oxygens (including phenoxy) is 1. The predicted octanol–water partition coefficient (Wildman–Crippen LogP) is 3.89. The van der Waals surface area contributed by atoms with Gasteiger partial charge >= 0.3 is 0 Å². The predicted molar refractivity (Wildman–Crippen MR) is 76.9 cm³/mol. The third-order valence-electron chi connectivity index (χ3n) is 4.98. The second-order valence-electron chi connectivity index (χ2n) is 6.47. The van der Waals surface area contributed by atoms with E-state index in [1.54, 1.807) is 0 Å². The molecule has 0 aromatic heterocycles. The first kappa shape index (κ1) is 14.3. The SMILES string of the molecule is CCNC(CC1CCCCC1)C1(C)CCCCO1. The van der Waals surface area contributed by atoms with Crippen molar-refractivity contribution >= 4 is 0 Å². The van der Waals surface area contributed by atoms with E-state index >= 15 is 0 Å². The molecule has 1 N–H and O–H groups in total. The lowest BCUT2D eigenvalue weighted by atomic mass is 9.78. The molecule has 0 bridgehead atoms. The molecule has 2 atom stereocenters. The quantitative estimate of drug-likeness (QED) is 0.802. The lowest BCUT2D eigenvalue weighted by Crippen LogP contribution is -2.53. The first-order valence-corrected chi connectivity index (χ1v) is 8.12. The smallest absolute Gasteiger partial charge is 0.0806 e. The second kappa shape index (κ2) is 6.91. The second-order valence-corrected chi connectivity index (χ2v) is 6.47. The molecular weight excluding hydrogens is 222 g/mol. The minimum atomic E-state index is 0.0890. The Bertz CT molecular complexity index is 229. The van der Waals surface area contributed by atoms with Gasteiger partial charge in [-0.05, 0) is 45.1 Å². The summed E-state index contributed by atoms with van der Waals surface area (Å²) >= 11 is 0. The molecule has 2 rings (SSSR count). The van der Waals surface area contributed by atoms with E-state index in [1.165, 1.54) is 57.8 Å². The average molecular weight is 253 g/mol. The molecule has 0 aromatic rings. The van der Waals surface area contributed by atoms with Crippen LogP contribution in [0.15, 0.2) is 0 Å². The lowest BCUT2D eigenvalue weighted by molar-refractivity contribution is -0.0930. The Morgan fingerprint density at radius 1 is 1.17 bits per heavy atom. The number of hydrogen-bond donors (Lipinski definition) is 1. The molecule has 2 aliphatic rings. The highest BCUT2D eigenvalue weighted by molar-refractivity contribution is 4.92. The highest BCUT2D eigenvalue weighted by atomic mass is 16.5. The van der Waals surface area contributed by atoms with Crippen molar-refractivity contribution in [2.24, 2.45) is 5.92 Å². The van der Waals surface area contributed by atoms with Crippen molar-refractivity contribution in [1.82, 2.24) is 5.32 Å². The Morgan fingerprint density at radius 3 is 2.56 bits per heavy atom. The molecule has 1 aliphatic carbocycles. The minimum absolute atomic E-state index is 0.0890. The van der Waals surface area contributed by atoms with Crippen molar-refractivity contribution in [1.29, 1.82) is 0 Å². The van der Waals surface area contributed by atoms with E-state index in [0.29, 0.717) is 6.04 Å². The van der Waals surface area contributed by atoms with E-state index in [9.17, 15) is 0 Å². The van der Waals surface area contributed by atoms with Crippen molar-refractivity contribution < 1.29 is 4.74 Å². The van der Waals surface area contributed by atoms with Gasteiger partial charge in [-0.2, -0.15) is 0 Å². The van der Waals surface area contributed by atoms with Gasteiger partial charge < -0.3 is 10.1 Å². The maximum atomic E-state index is 6.16. The third kappa shape index (κ3) is 3.71. The largest absolute Gasteiger partial charge is 0.374 e. The zero-order valence-electron chi connectivity index (χ0n) is 12.3. The Labute approximate surface area is 113 Å². The van der Waals surface area contributed by atoms with Crippen LogP contribution in [0.1, 0.15) is 71.6 Å². The van der Waals surface area contributed by atoms with Crippen molar-refractivity contribution in [2.45, 2.75) is 83.3 Å². The van der Waals surface area contributed by atoms with Crippen LogP contribution in [-0.4, -0.2) is 24.8 Å². The number of nitrogens with one attached hydrogen (secondary N) is 1. The summed E-state index contributed by atoms with van der Waals surface area (Å²) in [5.41, 5.74) is 0.0890. The van der Waals surface area contributed by atoms with E-state index in [1.807, 2.05) is 0 Å². The zero-order chi connectivity index (χ0) is 12.8. The van der Waals surface area contributed by atoms with Gasteiger partial charge in [-0.3, -0.25) is 0 Å². The van der Waals surface area contributed by atoms with Crippen LogP contribution in [0.3, 0.4) is 0 Å². The number of hydrogen-bond acceptors (Lipinski definition) is 2. The first-order chi connectivity index (χ1) is 8.74. The van der Waals surface area contributed by atoms with Gasteiger partial charge in [0.1, 0.15) is 0 Å². The van der Waals surface area contributed by atoms with Gasteiger partial charge in [0.15, 0.2) is 0 Å². The molecule has 106 valence electrons. The summed E-state index contributed by atoms with van der Waals surface area (Å²) in [4.78, 5) is 0. The molecule has 2 heteroatoms. The van der Waals surface area contributed by atoms with E-state index in [2.05, 4.69) is 19.2 Å². The van der Waals surface area contributed by atoms with Crippen LogP contribution in [0, 0.1) is 5.92 Å². The van der Waals surface area contributed by atoms with Crippen molar-refractivity contribution in [3.8, 4) is 0 Å². The highest BCUT2D eigenvalue weighted by Crippen LogP contribution is 2.34. The van der Waals surface area contributed by atoms with Gasteiger partial charge in [0.05, 0.1) is 5.60 Å². The third-order valence-corrected chi connectivity index (χ3v) is 4.98. The van der Waals surface area contributed by atoms with Crippen LogP contribution in [0.4, 0.5) is 0 Å². The molecule has 1 saturated heterocycles. The minimum Gasteiger partial charge on any atom is -0.374 e.